The van der Waals surface area contributed by atoms with E-state index in [9.17, 15) is 4.79 Å². The van der Waals surface area contributed by atoms with Gasteiger partial charge in [0.05, 0.1) is 25.4 Å². The Morgan fingerprint density at radius 2 is 2.41 bits per heavy atom. The summed E-state index contributed by atoms with van der Waals surface area (Å²) in [5.74, 6) is 0.00799. The molecule has 1 aromatic heterocycles. The molecule has 6 nitrogen and oxygen atoms in total. The summed E-state index contributed by atoms with van der Waals surface area (Å²) in [5, 5.41) is 0. The predicted molar refractivity (Wildman–Crippen MR) is 79.2 cm³/mol. The first-order valence-electron chi connectivity index (χ1n) is 7.70. The third-order valence-electron chi connectivity index (χ3n) is 4.31. The SMILES string of the molecule is COCC(=O)N1CCOC2CCC1C2OCc1cccnc1. The molecule has 3 atom stereocenters. The summed E-state index contributed by atoms with van der Waals surface area (Å²) in [6, 6.07) is 3.96. The number of pyridine rings is 1. The van der Waals surface area contributed by atoms with Crippen LogP contribution in [0, 0.1) is 0 Å². The van der Waals surface area contributed by atoms with Crippen LogP contribution in [0.5, 0.6) is 0 Å². The molecule has 6 heteroatoms. The Morgan fingerprint density at radius 1 is 1.50 bits per heavy atom. The zero-order valence-electron chi connectivity index (χ0n) is 12.8. The van der Waals surface area contributed by atoms with Gasteiger partial charge >= 0.3 is 0 Å². The van der Waals surface area contributed by atoms with Crippen LogP contribution in [0.4, 0.5) is 0 Å². The minimum absolute atomic E-state index is 0.00799. The zero-order chi connectivity index (χ0) is 15.4. The molecule has 0 spiro atoms. The van der Waals surface area contributed by atoms with Crippen LogP contribution < -0.4 is 0 Å². The van der Waals surface area contributed by atoms with Crippen molar-refractivity contribution in [2.75, 3.05) is 26.9 Å². The molecule has 0 radical (unpaired) electrons. The zero-order valence-corrected chi connectivity index (χ0v) is 12.8. The van der Waals surface area contributed by atoms with E-state index in [0.29, 0.717) is 19.8 Å². The standard InChI is InChI=1S/C16H22N2O4/c1-20-11-15(19)18-7-8-21-14-5-4-13(18)16(14)22-10-12-3-2-6-17-9-12/h2-3,6,9,13-14,16H,4-5,7-8,10-11H2,1H3. The first kappa shape index (κ1) is 15.4. The maximum atomic E-state index is 12.2. The van der Waals surface area contributed by atoms with Crippen LogP contribution in [0.3, 0.4) is 0 Å². The number of fused-ring (bicyclic) bond motifs is 2. The van der Waals surface area contributed by atoms with E-state index in [1.165, 1.54) is 0 Å². The second kappa shape index (κ2) is 7.17. The Balaban J connectivity index is 1.68. The average molecular weight is 306 g/mol. The first-order chi connectivity index (χ1) is 10.8. The third kappa shape index (κ3) is 3.29. The van der Waals surface area contributed by atoms with Crippen LogP contribution >= 0.6 is 0 Å². The van der Waals surface area contributed by atoms with Crippen LogP contribution in [0.2, 0.25) is 0 Å². The summed E-state index contributed by atoms with van der Waals surface area (Å²) < 4.78 is 17.0. The van der Waals surface area contributed by atoms with Crippen LogP contribution in [0.1, 0.15) is 18.4 Å². The largest absolute Gasteiger partial charge is 0.375 e. The van der Waals surface area contributed by atoms with E-state index in [-0.39, 0.29) is 30.8 Å². The summed E-state index contributed by atoms with van der Waals surface area (Å²) >= 11 is 0. The molecule has 120 valence electrons. The smallest absolute Gasteiger partial charge is 0.248 e. The van der Waals surface area contributed by atoms with E-state index in [4.69, 9.17) is 14.2 Å². The lowest BCUT2D eigenvalue weighted by molar-refractivity contribution is -0.140. The molecule has 3 rings (SSSR count). The fourth-order valence-corrected chi connectivity index (χ4v) is 3.30. The van der Waals surface area contributed by atoms with E-state index in [1.54, 1.807) is 19.5 Å². The van der Waals surface area contributed by atoms with Crippen LogP contribution in [-0.4, -0.2) is 60.9 Å². The van der Waals surface area contributed by atoms with Gasteiger partial charge in [-0.05, 0) is 24.5 Å². The number of methoxy groups -OCH3 is 1. The highest BCUT2D eigenvalue weighted by Gasteiger charge is 2.44. The van der Waals surface area contributed by atoms with Crippen molar-refractivity contribution in [1.82, 2.24) is 9.88 Å². The number of hydrogen-bond donors (Lipinski definition) is 0. The maximum absolute atomic E-state index is 12.2. The molecular formula is C16H22N2O4. The van der Waals surface area contributed by atoms with Gasteiger partial charge in [0.1, 0.15) is 12.7 Å². The van der Waals surface area contributed by atoms with E-state index >= 15 is 0 Å². The second-order valence-corrected chi connectivity index (χ2v) is 5.71. The molecule has 2 fully saturated rings. The van der Waals surface area contributed by atoms with Crippen molar-refractivity contribution in [3.8, 4) is 0 Å². The Kier molecular flexibility index (Phi) is 5.02. The van der Waals surface area contributed by atoms with E-state index < -0.39 is 0 Å². The van der Waals surface area contributed by atoms with Crippen molar-refractivity contribution < 1.29 is 19.0 Å². The quantitative estimate of drug-likeness (QED) is 0.812. The molecule has 0 N–H and O–H groups in total. The highest BCUT2D eigenvalue weighted by atomic mass is 16.5. The minimum Gasteiger partial charge on any atom is -0.375 e. The van der Waals surface area contributed by atoms with Crippen molar-refractivity contribution >= 4 is 5.91 Å². The summed E-state index contributed by atoms with van der Waals surface area (Å²) in [6.45, 7) is 1.76. The molecule has 1 saturated carbocycles. The molecule has 3 unspecified atom stereocenters. The van der Waals surface area contributed by atoms with Gasteiger partial charge < -0.3 is 19.1 Å². The highest BCUT2D eigenvalue weighted by molar-refractivity contribution is 5.78. The summed E-state index contributed by atoms with van der Waals surface area (Å²) in [5.41, 5.74) is 1.03. The molecule has 1 aliphatic carbocycles. The lowest BCUT2D eigenvalue weighted by Gasteiger charge is -2.31. The second-order valence-electron chi connectivity index (χ2n) is 5.71. The van der Waals surface area contributed by atoms with Crippen molar-refractivity contribution in [2.24, 2.45) is 0 Å². The van der Waals surface area contributed by atoms with Crippen molar-refractivity contribution in [1.29, 1.82) is 0 Å². The topological polar surface area (TPSA) is 60.9 Å². The number of amides is 1. The van der Waals surface area contributed by atoms with Crippen molar-refractivity contribution in [2.45, 2.75) is 37.7 Å². The lowest BCUT2D eigenvalue weighted by atomic mass is 10.1. The molecule has 22 heavy (non-hydrogen) atoms. The monoisotopic (exact) mass is 306 g/mol. The van der Waals surface area contributed by atoms with Gasteiger partial charge in [-0.2, -0.15) is 0 Å². The summed E-state index contributed by atoms with van der Waals surface area (Å²) in [6.07, 6.45) is 5.38. The lowest BCUT2D eigenvalue weighted by Crippen LogP contribution is -2.47. The number of rotatable bonds is 5. The minimum atomic E-state index is -0.0801. The number of hydrogen-bond acceptors (Lipinski definition) is 5. The van der Waals surface area contributed by atoms with Gasteiger partial charge in [0, 0.05) is 26.0 Å². The fraction of sp³-hybridized carbons (Fsp3) is 0.625. The molecule has 1 amide bonds. The molecule has 2 aliphatic rings. The molecule has 2 heterocycles. The van der Waals surface area contributed by atoms with Gasteiger partial charge in [-0.3, -0.25) is 9.78 Å². The third-order valence-corrected chi connectivity index (χ3v) is 4.31. The number of aromatic nitrogens is 1. The Labute approximate surface area is 130 Å². The molecule has 1 aromatic rings. The number of carbonyl (C=O) groups is 1. The van der Waals surface area contributed by atoms with E-state index in [1.807, 2.05) is 17.0 Å². The number of ether oxygens (including phenoxy) is 3. The van der Waals surface area contributed by atoms with E-state index in [2.05, 4.69) is 4.98 Å². The van der Waals surface area contributed by atoms with Crippen molar-refractivity contribution in [3.05, 3.63) is 30.1 Å². The van der Waals surface area contributed by atoms with Gasteiger partial charge in [0.2, 0.25) is 5.91 Å². The van der Waals surface area contributed by atoms with Gasteiger partial charge in [0.15, 0.2) is 0 Å². The van der Waals surface area contributed by atoms with Crippen LogP contribution in [0.15, 0.2) is 24.5 Å². The van der Waals surface area contributed by atoms with Gasteiger partial charge in [-0.25, -0.2) is 0 Å². The van der Waals surface area contributed by atoms with Gasteiger partial charge in [-0.1, -0.05) is 6.07 Å². The Bertz CT molecular complexity index is 496. The Hall–Kier alpha value is -1.50. The summed E-state index contributed by atoms with van der Waals surface area (Å²) in [4.78, 5) is 18.2. The molecule has 1 aliphatic heterocycles. The van der Waals surface area contributed by atoms with Crippen LogP contribution in [-0.2, 0) is 25.6 Å². The maximum Gasteiger partial charge on any atom is 0.248 e. The normalized spacial score (nSPS) is 27.7. The van der Waals surface area contributed by atoms with Gasteiger partial charge in [0.25, 0.3) is 0 Å². The Morgan fingerprint density at radius 3 is 3.18 bits per heavy atom. The average Bonchev–Trinajstić information content (AvgIpc) is 2.82. The molecule has 2 bridgehead atoms. The van der Waals surface area contributed by atoms with E-state index in [0.717, 1.165) is 18.4 Å². The van der Waals surface area contributed by atoms with Gasteiger partial charge in [-0.15, -0.1) is 0 Å². The number of carbonyl (C=O) groups excluding carboxylic acids is 1. The predicted octanol–water partition coefficient (Wildman–Crippen LogP) is 1.00. The molecule has 1 saturated heterocycles. The van der Waals surface area contributed by atoms with Crippen LogP contribution in [0.25, 0.3) is 0 Å². The number of nitrogens with zero attached hydrogens (tertiary/aromatic N) is 2. The molecular weight excluding hydrogens is 284 g/mol. The van der Waals surface area contributed by atoms with Crippen molar-refractivity contribution in [3.63, 3.8) is 0 Å². The summed E-state index contributed by atoms with van der Waals surface area (Å²) in [7, 11) is 1.54. The molecule has 0 aromatic carbocycles. The fourth-order valence-electron chi connectivity index (χ4n) is 3.30. The first-order valence-corrected chi connectivity index (χ1v) is 7.70. The highest BCUT2D eigenvalue weighted by Crippen LogP contribution is 2.32.